The highest BCUT2D eigenvalue weighted by atomic mass is 15.3. The Bertz CT molecular complexity index is 763. The Kier molecular flexibility index (Phi) is 2.43. The van der Waals surface area contributed by atoms with Crippen molar-refractivity contribution in [2.75, 3.05) is 13.6 Å². The quantitative estimate of drug-likeness (QED) is 0.743. The average molecular weight is 277 g/mol. The second-order valence-electron chi connectivity index (χ2n) is 6.21. The second-order valence-corrected chi connectivity index (χ2v) is 6.21. The summed E-state index contributed by atoms with van der Waals surface area (Å²) in [5.74, 6) is 0.626. The first kappa shape index (κ1) is 12.5. The van der Waals surface area contributed by atoms with E-state index in [2.05, 4.69) is 59.3 Å². The van der Waals surface area contributed by atoms with Crippen molar-refractivity contribution in [1.29, 1.82) is 0 Å². The van der Waals surface area contributed by atoms with Gasteiger partial charge in [0.1, 0.15) is 0 Å². The fourth-order valence-corrected chi connectivity index (χ4v) is 3.46. The minimum Gasteiger partial charge on any atom is -0.370 e. The largest absolute Gasteiger partial charge is 0.370 e. The monoisotopic (exact) mass is 277 g/mol. The second kappa shape index (κ2) is 4.10. The molecule has 3 nitrogen and oxygen atoms in total. The van der Waals surface area contributed by atoms with Crippen LogP contribution in [0.1, 0.15) is 23.6 Å². The zero-order chi connectivity index (χ0) is 14.6. The molecule has 3 heteroatoms. The molecule has 2 aromatic rings. The molecule has 1 unspecified atom stereocenters. The number of hydrogen-bond donors (Lipinski definition) is 1. The van der Waals surface area contributed by atoms with Crippen LogP contribution in [-0.2, 0) is 12.0 Å². The van der Waals surface area contributed by atoms with Crippen molar-refractivity contribution in [2.45, 2.75) is 18.9 Å². The van der Waals surface area contributed by atoms with Gasteiger partial charge in [0.15, 0.2) is 5.96 Å². The predicted molar refractivity (Wildman–Crippen MR) is 86.3 cm³/mol. The lowest BCUT2D eigenvalue weighted by Gasteiger charge is -2.34. The van der Waals surface area contributed by atoms with Gasteiger partial charge in [0, 0.05) is 7.05 Å². The first-order valence-electron chi connectivity index (χ1n) is 7.35. The Morgan fingerprint density at radius 3 is 2.62 bits per heavy atom. The van der Waals surface area contributed by atoms with Crippen molar-refractivity contribution >= 4 is 5.96 Å². The molecule has 2 aliphatic rings. The summed E-state index contributed by atoms with van der Waals surface area (Å²) in [6.45, 7) is 2.93. The van der Waals surface area contributed by atoms with Gasteiger partial charge in [-0.05, 0) is 41.2 Å². The molecular weight excluding hydrogens is 258 g/mol. The highest BCUT2D eigenvalue weighted by molar-refractivity contribution is 5.81. The maximum atomic E-state index is 5.95. The molecule has 1 atom stereocenters. The SMILES string of the molecule is CN1C(N)=NCC1(C)c1ccc2c(c1)Cc1ccccc1-2. The molecule has 0 radical (unpaired) electrons. The highest BCUT2D eigenvalue weighted by Gasteiger charge is 2.37. The number of nitrogens with two attached hydrogens (primary N) is 1. The number of hydrogen-bond acceptors (Lipinski definition) is 3. The van der Waals surface area contributed by atoms with Crippen LogP contribution in [0.5, 0.6) is 0 Å². The maximum absolute atomic E-state index is 5.95. The number of rotatable bonds is 1. The normalized spacial score (nSPS) is 23.0. The summed E-state index contributed by atoms with van der Waals surface area (Å²) in [7, 11) is 2.02. The standard InChI is InChI=1S/C18H19N3/c1-18(11-20-17(19)21(18)2)14-7-8-16-13(10-14)9-12-5-3-4-6-15(12)16/h3-8,10H,9,11H2,1-2H3,(H2,19,20). The molecule has 1 heterocycles. The predicted octanol–water partition coefficient (Wildman–Crippen LogP) is 2.73. The zero-order valence-electron chi connectivity index (χ0n) is 12.4. The molecular formula is C18H19N3. The van der Waals surface area contributed by atoms with E-state index in [1.807, 2.05) is 7.05 Å². The molecule has 4 rings (SSSR count). The third-order valence-corrected chi connectivity index (χ3v) is 5.05. The average Bonchev–Trinajstić information content (AvgIpc) is 3.00. The summed E-state index contributed by atoms with van der Waals surface area (Å²) >= 11 is 0. The van der Waals surface area contributed by atoms with Crippen LogP contribution in [0.3, 0.4) is 0 Å². The van der Waals surface area contributed by atoms with Gasteiger partial charge in [-0.3, -0.25) is 4.99 Å². The van der Waals surface area contributed by atoms with E-state index in [-0.39, 0.29) is 5.54 Å². The molecule has 2 N–H and O–H groups in total. The number of fused-ring (bicyclic) bond motifs is 3. The molecule has 106 valence electrons. The molecule has 0 saturated carbocycles. The number of nitrogens with zero attached hydrogens (tertiary/aromatic N) is 2. The molecule has 0 bridgehead atoms. The van der Waals surface area contributed by atoms with Gasteiger partial charge in [-0.1, -0.05) is 42.5 Å². The highest BCUT2D eigenvalue weighted by Crippen LogP contribution is 2.40. The summed E-state index contributed by atoms with van der Waals surface area (Å²) in [6, 6.07) is 15.5. The van der Waals surface area contributed by atoms with E-state index in [4.69, 9.17) is 5.73 Å². The maximum Gasteiger partial charge on any atom is 0.191 e. The smallest absolute Gasteiger partial charge is 0.191 e. The van der Waals surface area contributed by atoms with Gasteiger partial charge < -0.3 is 10.6 Å². The van der Waals surface area contributed by atoms with Crippen LogP contribution in [0.2, 0.25) is 0 Å². The molecule has 1 aliphatic carbocycles. The number of aliphatic imine (C=N–C) groups is 1. The van der Waals surface area contributed by atoms with E-state index < -0.39 is 0 Å². The van der Waals surface area contributed by atoms with Gasteiger partial charge in [-0.2, -0.15) is 0 Å². The number of guanidine groups is 1. The summed E-state index contributed by atoms with van der Waals surface area (Å²) < 4.78 is 0. The minimum absolute atomic E-state index is 0.131. The van der Waals surface area contributed by atoms with Gasteiger partial charge in [0.05, 0.1) is 12.1 Å². The van der Waals surface area contributed by atoms with Crippen molar-refractivity contribution in [3.63, 3.8) is 0 Å². The molecule has 2 aromatic carbocycles. The van der Waals surface area contributed by atoms with Gasteiger partial charge in [-0.25, -0.2) is 0 Å². The Balaban J connectivity index is 1.78. The van der Waals surface area contributed by atoms with Crippen molar-refractivity contribution in [3.8, 4) is 11.1 Å². The van der Waals surface area contributed by atoms with Crippen LogP contribution in [0.25, 0.3) is 11.1 Å². The molecule has 0 spiro atoms. The summed E-state index contributed by atoms with van der Waals surface area (Å²) in [6.07, 6.45) is 1.02. The zero-order valence-corrected chi connectivity index (χ0v) is 12.4. The topological polar surface area (TPSA) is 41.6 Å². The third kappa shape index (κ3) is 1.63. The van der Waals surface area contributed by atoms with E-state index >= 15 is 0 Å². The van der Waals surface area contributed by atoms with Gasteiger partial charge >= 0.3 is 0 Å². The molecule has 21 heavy (non-hydrogen) atoms. The fraction of sp³-hybridized carbons (Fsp3) is 0.278. The van der Waals surface area contributed by atoms with Crippen molar-refractivity contribution < 1.29 is 0 Å². The summed E-state index contributed by atoms with van der Waals surface area (Å²) in [5, 5.41) is 0. The summed E-state index contributed by atoms with van der Waals surface area (Å²) in [5.41, 5.74) is 12.7. The molecule has 0 amide bonds. The molecule has 0 aromatic heterocycles. The number of benzene rings is 2. The molecule has 0 fully saturated rings. The van der Waals surface area contributed by atoms with Crippen LogP contribution < -0.4 is 5.73 Å². The van der Waals surface area contributed by atoms with Crippen molar-refractivity contribution in [1.82, 2.24) is 4.90 Å². The van der Waals surface area contributed by atoms with Crippen LogP contribution in [0, 0.1) is 0 Å². The van der Waals surface area contributed by atoms with Gasteiger partial charge in [0.25, 0.3) is 0 Å². The summed E-state index contributed by atoms with van der Waals surface area (Å²) in [4.78, 5) is 6.48. The van der Waals surface area contributed by atoms with Crippen molar-refractivity contribution in [2.24, 2.45) is 10.7 Å². The van der Waals surface area contributed by atoms with E-state index in [0.717, 1.165) is 13.0 Å². The van der Waals surface area contributed by atoms with Crippen molar-refractivity contribution in [3.05, 3.63) is 59.2 Å². The fourth-order valence-electron chi connectivity index (χ4n) is 3.46. The van der Waals surface area contributed by atoms with E-state index in [1.165, 1.54) is 27.8 Å². The Morgan fingerprint density at radius 2 is 1.86 bits per heavy atom. The van der Waals surface area contributed by atoms with E-state index in [1.54, 1.807) is 0 Å². The third-order valence-electron chi connectivity index (χ3n) is 5.05. The van der Waals surface area contributed by atoms with Crippen LogP contribution in [0.4, 0.5) is 0 Å². The lowest BCUT2D eigenvalue weighted by atomic mass is 9.89. The first-order chi connectivity index (χ1) is 10.1. The Morgan fingerprint density at radius 1 is 1.10 bits per heavy atom. The van der Waals surface area contributed by atoms with E-state index in [9.17, 15) is 0 Å². The van der Waals surface area contributed by atoms with Gasteiger partial charge in [0.2, 0.25) is 0 Å². The van der Waals surface area contributed by atoms with Crippen LogP contribution >= 0.6 is 0 Å². The molecule has 0 saturated heterocycles. The van der Waals surface area contributed by atoms with Crippen LogP contribution in [-0.4, -0.2) is 24.5 Å². The number of likely N-dealkylation sites (N-methyl/N-ethyl adjacent to an activating group) is 1. The lowest BCUT2D eigenvalue weighted by molar-refractivity contribution is 0.267. The lowest BCUT2D eigenvalue weighted by Crippen LogP contribution is -2.44. The minimum atomic E-state index is -0.131. The Labute approximate surface area is 125 Å². The van der Waals surface area contributed by atoms with Crippen LogP contribution in [0.15, 0.2) is 47.5 Å². The van der Waals surface area contributed by atoms with Gasteiger partial charge in [-0.15, -0.1) is 0 Å². The molecule has 1 aliphatic heterocycles. The van der Waals surface area contributed by atoms with E-state index in [0.29, 0.717) is 5.96 Å². The first-order valence-corrected chi connectivity index (χ1v) is 7.35. The Hall–Kier alpha value is -2.29.